The van der Waals surface area contributed by atoms with Crippen LogP contribution in [-0.4, -0.2) is 39.6 Å². The maximum absolute atomic E-state index is 12.5. The molecule has 1 saturated heterocycles. The topological polar surface area (TPSA) is 71.3 Å². The number of amides is 1. The molecule has 21 heavy (non-hydrogen) atoms. The van der Waals surface area contributed by atoms with Crippen LogP contribution in [0.1, 0.15) is 29.6 Å². The molecular weight excluding hydrogens is 266 g/mol. The van der Waals surface area contributed by atoms with Gasteiger partial charge in [0.1, 0.15) is 0 Å². The van der Waals surface area contributed by atoms with Crippen molar-refractivity contribution in [2.24, 2.45) is 11.8 Å². The van der Waals surface area contributed by atoms with Crippen molar-refractivity contribution in [3.05, 3.63) is 30.4 Å². The van der Waals surface area contributed by atoms with Crippen molar-refractivity contribution in [3.8, 4) is 0 Å². The number of nitrogens with one attached hydrogen (secondary N) is 2. The molecule has 1 saturated carbocycles. The first-order chi connectivity index (χ1) is 10.3. The van der Waals surface area contributed by atoms with Crippen molar-refractivity contribution in [3.63, 3.8) is 0 Å². The van der Waals surface area contributed by atoms with E-state index < -0.39 is 0 Å². The van der Waals surface area contributed by atoms with Gasteiger partial charge in [0.25, 0.3) is 5.91 Å². The van der Waals surface area contributed by atoms with Crippen molar-refractivity contribution in [2.45, 2.75) is 25.3 Å². The summed E-state index contributed by atoms with van der Waals surface area (Å²) in [5.41, 5.74) is 1.36. The lowest BCUT2D eigenvalue weighted by Crippen LogP contribution is -2.40. The van der Waals surface area contributed by atoms with E-state index in [0.717, 1.165) is 43.3 Å². The van der Waals surface area contributed by atoms with Crippen LogP contribution in [0.2, 0.25) is 0 Å². The minimum atomic E-state index is -0.0348. The first-order valence-electron chi connectivity index (χ1n) is 7.60. The fraction of sp³-hybridized carbons (Fsp3) is 0.533. The minimum absolute atomic E-state index is 0.0348. The van der Waals surface area contributed by atoms with Gasteiger partial charge in [0.2, 0.25) is 0 Å². The van der Waals surface area contributed by atoms with E-state index in [2.05, 4.69) is 20.7 Å². The summed E-state index contributed by atoms with van der Waals surface area (Å²) in [7, 11) is 0. The monoisotopic (exact) mass is 285 g/mol. The van der Waals surface area contributed by atoms with E-state index in [1.165, 1.54) is 6.42 Å². The predicted molar refractivity (Wildman–Crippen MR) is 77.9 cm³/mol. The molecule has 1 unspecified atom stereocenters. The smallest absolute Gasteiger partial charge is 0.255 e. The number of carbonyl (C=O) groups is 1. The maximum Gasteiger partial charge on any atom is 0.255 e. The highest BCUT2D eigenvalue weighted by Crippen LogP contribution is 2.32. The van der Waals surface area contributed by atoms with Crippen molar-refractivity contribution >= 4 is 11.4 Å². The Kier molecular flexibility index (Phi) is 3.11. The van der Waals surface area contributed by atoms with Crippen LogP contribution in [0, 0.1) is 11.8 Å². The van der Waals surface area contributed by atoms with E-state index in [-0.39, 0.29) is 11.9 Å². The lowest BCUT2D eigenvalue weighted by Gasteiger charge is -2.31. The van der Waals surface area contributed by atoms with E-state index in [0.29, 0.717) is 5.56 Å². The van der Waals surface area contributed by atoms with Crippen molar-refractivity contribution in [2.75, 3.05) is 13.1 Å². The SMILES string of the molecule is O=C(NC1CC[C@H]2CNC[C@H]2C1)c1cnn2ccncc12. The zero-order valence-electron chi connectivity index (χ0n) is 11.8. The van der Waals surface area contributed by atoms with Crippen molar-refractivity contribution < 1.29 is 4.79 Å². The molecule has 2 aromatic heterocycles. The molecule has 0 aromatic carbocycles. The van der Waals surface area contributed by atoms with Crippen LogP contribution in [0.4, 0.5) is 0 Å². The summed E-state index contributed by atoms with van der Waals surface area (Å²) in [5.74, 6) is 1.49. The molecule has 6 nitrogen and oxygen atoms in total. The molecule has 1 amide bonds. The van der Waals surface area contributed by atoms with E-state index in [9.17, 15) is 4.79 Å². The number of carbonyl (C=O) groups excluding carboxylic acids is 1. The van der Waals surface area contributed by atoms with Gasteiger partial charge in [-0.25, -0.2) is 4.52 Å². The number of hydrogen-bond donors (Lipinski definition) is 2. The fourth-order valence-corrected chi connectivity index (χ4v) is 3.70. The van der Waals surface area contributed by atoms with Gasteiger partial charge in [-0.3, -0.25) is 9.78 Å². The van der Waals surface area contributed by atoms with Crippen LogP contribution < -0.4 is 10.6 Å². The second-order valence-corrected chi connectivity index (χ2v) is 6.13. The average molecular weight is 285 g/mol. The summed E-state index contributed by atoms with van der Waals surface area (Å²) in [6, 6.07) is 0.283. The Morgan fingerprint density at radius 2 is 2.19 bits per heavy atom. The molecule has 3 heterocycles. The van der Waals surface area contributed by atoms with Crippen LogP contribution in [0.15, 0.2) is 24.8 Å². The number of nitrogens with zero attached hydrogens (tertiary/aromatic N) is 3. The Labute approximate surface area is 122 Å². The molecule has 2 aromatic rings. The third kappa shape index (κ3) is 2.29. The van der Waals surface area contributed by atoms with Crippen LogP contribution in [0.25, 0.3) is 5.52 Å². The second-order valence-electron chi connectivity index (χ2n) is 6.13. The summed E-state index contributed by atoms with van der Waals surface area (Å²) < 4.78 is 1.68. The van der Waals surface area contributed by atoms with Crippen molar-refractivity contribution in [1.82, 2.24) is 25.2 Å². The third-order valence-electron chi connectivity index (χ3n) is 4.86. The number of rotatable bonds is 2. The molecule has 0 radical (unpaired) electrons. The lowest BCUT2D eigenvalue weighted by molar-refractivity contribution is 0.0915. The summed E-state index contributed by atoms with van der Waals surface area (Å²) in [6.45, 7) is 2.24. The Balaban J connectivity index is 1.48. The Hall–Kier alpha value is -1.95. The van der Waals surface area contributed by atoms with Gasteiger partial charge in [-0.1, -0.05) is 0 Å². The fourth-order valence-electron chi connectivity index (χ4n) is 3.70. The Morgan fingerprint density at radius 3 is 3.14 bits per heavy atom. The van der Waals surface area contributed by atoms with E-state index in [1.54, 1.807) is 29.3 Å². The molecule has 0 bridgehead atoms. The molecule has 2 aliphatic rings. The van der Waals surface area contributed by atoms with Gasteiger partial charge in [-0.05, 0) is 44.2 Å². The van der Waals surface area contributed by atoms with E-state index in [1.807, 2.05) is 0 Å². The largest absolute Gasteiger partial charge is 0.349 e. The highest BCUT2D eigenvalue weighted by atomic mass is 16.1. The van der Waals surface area contributed by atoms with Gasteiger partial charge in [0.15, 0.2) is 0 Å². The van der Waals surface area contributed by atoms with Crippen LogP contribution in [0.3, 0.4) is 0 Å². The first kappa shape index (κ1) is 12.8. The van der Waals surface area contributed by atoms with Gasteiger partial charge in [-0.2, -0.15) is 5.10 Å². The molecule has 1 aliphatic carbocycles. The van der Waals surface area contributed by atoms with E-state index >= 15 is 0 Å². The minimum Gasteiger partial charge on any atom is -0.349 e. The van der Waals surface area contributed by atoms with Gasteiger partial charge in [0, 0.05) is 18.4 Å². The Bertz CT molecular complexity index is 667. The second kappa shape index (κ2) is 5.11. The maximum atomic E-state index is 12.5. The van der Waals surface area contributed by atoms with Gasteiger partial charge in [-0.15, -0.1) is 0 Å². The molecule has 1 aliphatic heterocycles. The highest BCUT2D eigenvalue weighted by molar-refractivity contribution is 6.00. The standard InChI is InChI=1S/C15H19N5O/c21-15(13-8-18-20-4-3-16-9-14(13)20)19-12-2-1-10-6-17-7-11(10)5-12/h3-4,8-12,17H,1-2,5-7H2,(H,19,21)/t10-,11+,12?/m0/s1. The third-order valence-corrected chi connectivity index (χ3v) is 4.86. The molecular formula is C15H19N5O. The normalized spacial score (nSPS) is 28.5. The molecule has 0 spiro atoms. The molecule has 3 atom stereocenters. The molecule has 2 N–H and O–H groups in total. The molecule has 6 heteroatoms. The van der Waals surface area contributed by atoms with Crippen LogP contribution in [-0.2, 0) is 0 Å². The van der Waals surface area contributed by atoms with Gasteiger partial charge in [0.05, 0.1) is 23.5 Å². The van der Waals surface area contributed by atoms with Crippen LogP contribution >= 0.6 is 0 Å². The summed E-state index contributed by atoms with van der Waals surface area (Å²) >= 11 is 0. The highest BCUT2D eigenvalue weighted by Gasteiger charge is 2.34. The number of aromatic nitrogens is 3. The predicted octanol–water partition coefficient (Wildman–Crippen LogP) is 0.847. The molecule has 2 fully saturated rings. The summed E-state index contributed by atoms with van der Waals surface area (Å²) in [5, 5.41) is 10.8. The molecule has 4 rings (SSSR count). The van der Waals surface area contributed by atoms with Gasteiger partial charge < -0.3 is 10.6 Å². The lowest BCUT2D eigenvalue weighted by atomic mass is 9.79. The quantitative estimate of drug-likeness (QED) is 0.858. The average Bonchev–Trinajstić information content (AvgIpc) is 3.13. The summed E-state index contributed by atoms with van der Waals surface area (Å²) in [4.78, 5) is 16.5. The van der Waals surface area contributed by atoms with Gasteiger partial charge >= 0.3 is 0 Å². The molecule has 110 valence electrons. The Morgan fingerprint density at radius 1 is 1.29 bits per heavy atom. The zero-order valence-corrected chi connectivity index (χ0v) is 11.8. The number of fused-ring (bicyclic) bond motifs is 2. The zero-order chi connectivity index (χ0) is 14.2. The number of hydrogen-bond acceptors (Lipinski definition) is 4. The first-order valence-corrected chi connectivity index (χ1v) is 7.60. The summed E-state index contributed by atoms with van der Waals surface area (Å²) in [6.07, 6.45) is 10.1. The van der Waals surface area contributed by atoms with Crippen molar-refractivity contribution in [1.29, 1.82) is 0 Å². The van der Waals surface area contributed by atoms with E-state index in [4.69, 9.17) is 0 Å². The van der Waals surface area contributed by atoms with Crippen LogP contribution in [0.5, 0.6) is 0 Å².